The number of benzene rings is 8. The molecule has 9 aromatic rings. The highest BCUT2D eigenvalue weighted by Gasteiger charge is 2.14. The molecule has 1 heterocycles. The van der Waals surface area contributed by atoms with Crippen LogP contribution in [-0.4, -0.2) is 4.98 Å². The fourth-order valence-corrected chi connectivity index (χ4v) is 7.63. The van der Waals surface area contributed by atoms with E-state index in [0.29, 0.717) is 0 Å². The minimum Gasteiger partial charge on any atom is -0.311 e. The summed E-state index contributed by atoms with van der Waals surface area (Å²) in [6, 6.07) is 71.9. The zero-order valence-corrected chi connectivity index (χ0v) is 34.5. The van der Waals surface area contributed by atoms with Crippen molar-refractivity contribution in [2.45, 2.75) is 27.7 Å². The molecule has 290 valence electrons. The number of rotatable bonds is 10. The number of fused-ring (bicyclic) bond motifs is 1. The number of hydrogen-bond acceptors (Lipinski definition) is 3. The summed E-state index contributed by atoms with van der Waals surface area (Å²) < 4.78 is 0. The molecule has 0 radical (unpaired) electrons. The fourth-order valence-electron chi connectivity index (χ4n) is 7.63. The molecule has 3 heteroatoms. The van der Waals surface area contributed by atoms with Crippen molar-refractivity contribution >= 4 is 57.2 Å². The molecule has 3 nitrogen and oxygen atoms in total. The molecule has 0 aliphatic carbocycles. The van der Waals surface area contributed by atoms with E-state index in [0.717, 1.165) is 67.4 Å². The highest BCUT2D eigenvalue weighted by atomic mass is 15.1. The van der Waals surface area contributed by atoms with Gasteiger partial charge in [-0.05, 0) is 141 Å². The number of nitrogens with zero attached hydrogens (tertiary/aromatic N) is 3. The lowest BCUT2D eigenvalue weighted by atomic mass is 10.0. The zero-order chi connectivity index (χ0) is 41.0. The van der Waals surface area contributed by atoms with Crippen LogP contribution in [0.15, 0.2) is 200 Å². The van der Waals surface area contributed by atoms with E-state index < -0.39 is 0 Å². The molecule has 1 aromatic heterocycles. The average molecular weight is 774 g/mol. The molecule has 8 aromatic carbocycles. The second kappa shape index (κ2) is 16.8. The largest absolute Gasteiger partial charge is 0.311 e. The van der Waals surface area contributed by atoms with Crippen LogP contribution in [0.25, 0.3) is 45.4 Å². The van der Waals surface area contributed by atoms with E-state index in [4.69, 9.17) is 4.98 Å². The summed E-state index contributed by atoms with van der Waals surface area (Å²) in [5, 5.41) is 1.12. The van der Waals surface area contributed by atoms with Crippen LogP contribution in [0.2, 0.25) is 0 Å². The third-order valence-corrected chi connectivity index (χ3v) is 11.1. The Morgan fingerprint density at radius 2 is 0.650 bits per heavy atom. The maximum absolute atomic E-state index is 5.08. The van der Waals surface area contributed by atoms with E-state index in [1.807, 2.05) is 0 Å². The summed E-state index contributed by atoms with van der Waals surface area (Å²) in [6.07, 6.45) is 4.36. The molecular weight excluding hydrogens is 727 g/mol. The van der Waals surface area contributed by atoms with Gasteiger partial charge in [0, 0.05) is 45.1 Å². The van der Waals surface area contributed by atoms with E-state index in [1.54, 1.807) is 0 Å². The van der Waals surface area contributed by atoms with Gasteiger partial charge < -0.3 is 9.80 Å². The van der Waals surface area contributed by atoms with Gasteiger partial charge in [-0.3, -0.25) is 0 Å². The third-order valence-electron chi connectivity index (χ3n) is 11.1. The monoisotopic (exact) mass is 773 g/mol. The SMILES string of the molecule is Cc1ccc(N(c2ccc(C)cc2)c2ccc(/C=C/c3ccc(-c4ccc5nc(-c6ccc(N(c7ccc(C)cc7)c7ccc(C)cc7)cc6)ccc5c4)cc3)cc2)cc1. The molecule has 0 unspecified atom stereocenters. The number of hydrogen-bond donors (Lipinski definition) is 0. The molecule has 0 aliphatic rings. The van der Waals surface area contributed by atoms with Crippen LogP contribution in [-0.2, 0) is 0 Å². The molecule has 0 spiro atoms. The molecule has 0 amide bonds. The highest BCUT2D eigenvalue weighted by Crippen LogP contribution is 2.37. The molecule has 0 atom stereocenters. The standard InChI is InChI=1S/C57H47N3/c1-40-5-25-50(26-6-40)59(51-27-7-41(2)8-28-51)54-33-17-45(18-34-54)14-13-44-15-19-46(20-16-44)48-23-37-57-49(39-48)24-38-56(58-57)47-21-35-55(36-22-47)60(52-29-9-42(3)10-30-52)53-31-11-43(4)12-32-53/h5-39H,1-4H3/b14-13+. The number of aryl methyl sites for hydroxylation is 4. The van der Waals surface area contributed by atoms with Crippen LogP contribution in [0.1, 0.15) is 33.4 Å². The number of aromatic nitrogens is 1. The van der Waals surface area contributed by atoms with Crippen LogP contribution >= 0.6 is 0 Å². The molecule has 0 saturated carbocycles. The van der Waals surface area contributed by atoms with Crippen LogP contribution in [0, 0.1) is 27.7 Å². The second-order valence-electron chi connectivity index (χ2n) is 15.7. The first-order valence-corrected chi connectivity index (χ1v) is 20.6. The van der Waals surface area contributed by atoms with Crippen molar-refractivity contribution in [3.05, 3.63) is 234 Å². The number of anilines is 6. The maximum Gasteiger partial charge on any atom is 0.0709 e. The van der Waals surface area contributed by atoms with Crippen molar-refractivity contribution in [3.63, 3.8) is 0 Å². The molecule has 60 heavy (non-hydrogen) atoms. The Morgan fingerprint density at radius 1 is 0.317 bits per heavy atom. The van der Waals surface area contributed by atoms with E-state index in [9.17, 15) is 0 Å². The molecule has 9 rings (SSSR count). The summed E-state index contributed by atoms with van der Waals surface area (Å²) >= 11 is 0. The van der Waals surface area contributed by atoms with E-state index in [-0.39, 0.29) is 0 Å². The summed E-state index contributed by atoms with van der Waals surface area (Å²) in [5.41, 5.74) is 19.4. The van der Waals surface area contributed by atoms with Crippen molar-refractivity contribution in [1.29, 1.82) is 0 Å². The van der Waals surface area contributed by atoms with Crippen molar-refractivity contribution in [1.82, 2.24) is 4.98 Å². The van der Waals surface area contributed by atoms with Crippen molar-refractivity contribution in [2.75, 3.05) is 9.80 Å². The Bertz CT molecular complexity index is 2800. The van der Waals surface area contributed by atoms with Gasteiger partial charge in [-0.1, -0.05) is 144 Å². The van der Waals surface area contributed by atoms with Crippen LogP contribution in [0.3, 0.4) is 0 Å². The second-order valence-corrected chi connectivity index (χ2v) is 15.7. The van der Waals surface area contributed by atoms with Crippen molar-refractivity contribution in [3.8, 4) is 22.4 Å². The predicted octanol–water partition coefficient (Wildman–Crippen LogP) is 15.9. The Balaban J connectivity index is 0.890. The van der Waals surface area contributed by atoms with Gasteiger partial charge in [0.2, 0.25) is 0 Å². The lowest BCUT2D eigenvalue weighted by Gasteiger charge is -2.26. The molecular formula is C57H47N3. The van der Waals surface area contributed by atoms with E-state index in [2.05, 4.69) is 250 Å². The van der Waals surface area contributed by atoms with Gasteiger partial charge in [0.15, 0.2) is 0 Å². The maximum atomic E-state index is 5.08. The first kappa shape index (κ1) is 38.1. The zero-order valence-electron chi connectivity index (χ0n) is 34.5. The normalized spacial score (nSPS) is 11.3. The molecule has 0 fully saturated rings. The van der Waals surface area contributed by atoms with Crippen LogP contribution in [0.4, 0.5) is 34.1 Å². The van der Waals surface area contributed by atoms with E-state index >= 15 is 0 Å². The average Bonchev–Trinajstić information content (AvgIpc) is 3.29. The van der Waals surface area contributed by atoms with Gasteiger partial charge >= 0.3 is 0 Å². The van der Waals surface area contributed by atoms with Gasteiger partial charge in [0.05, 0.1) is 11.2 Å². The lowest BCUT2D eigenvalue weighted by Crippen LogP contribution is -2.09. The minimum absolute atomic E-state index is 0.958. The van der Waals surface area contributed by atoms with Gasteiger partial charge in [-0.2, -0.15) is 0 Å². The summed E-state index contributed by atoms with van der Waals surface area (Å²) in [5.74, 6) is 0. The van der Waals surface area contributed by atoms with Gasteiger partial charge in [0.1, 0.15) is 0 Å². The molecule has 0 N–H and O–H groups in total. The van der Waals surface area contributed by atoms with Gasteiger partial charge in [-0.15, -0.1) is 0 Å². The van der Waals surface area contributed by atoms with Crippen LogP contribution < -0.4 is 9.80 Å². The topological polar surface area (TPSA) is 19.4 Å². The molecule has 0 aliphatic heterocycles. The van der Waals surface area contributed by atoms with Crippen molar-refractivity contribution < 1.29 is 0 Å². The smallest absolute Gasteiger partial charge is 0.0709 e. The summed E-state index contributed by atoms with van der Waals surface area (Å²) in [6.45, 7) is 8.49. The fraction of sp³-hybridized carbons (Fsp3) is 0.0702. The quantitative estimate of drug-likeness (QED) is 0.129. The first-order valence-electron chi connectivity index (χ1n) is 20.6. The highest BCUT2D eigenvalue weighted by molar-refractivity contribution is 5.87. The van der Waals surface area contributed by atoms with Gasteiger partial charge in [-0.25, -0.2) is 4.98 Å². The summed E-state index contributed by atoms with van der Waals surface area (Å²) in [7, 11) is 0. The molecule has 0 saturated heterocycles. The lowest BCUT2D eigenvalue weighted by molar-refractivity contribution is 1.27. The number of pyridine rings is 1. The van der Waals surface area contributed by atoms with E-state index in [1.165, 1.54) is 33.4 Å². The minimum atomic E-state index is 0.958. The Labute approximate surface area is 354 Å². The van der Waals surface area contributed by atoms with Gasteiger partial charge in [0.25, 0.3) is 0 Å². The summed E-state index contributed by atoms with van der Waals surface area (Å²) in [4.78, 5) is 9.69. The van der Waals surface area contributed by atoms with Crippen LogP contribution in [0.5, 0.6) is 0 Å². The van der Waals surface area contributed by atoms with Crippen molar-refractivity contribution in [2.24, 2.45) is 0 Å². The Hall–Kier alpha value is -7.49. The Kier molecular flexibility index (Phi) is 10.6. The molecule has 0 bridgehead atoms. The third kappa shape index (κ3) is 8.39. The predicted molar refractivity (Wildman–Crippen MR) is 256 cm³/mol. The first-order chi connectivity index (χ1) is 29.3. The Morgan fingerprint density at radius 3 is 1.07 bits per heavy atom.